The van der Waals surface area contributed by atoms with Crippen LogP contribution in [0.2, 0.25) is 0 Å². The van der Waals surface area contributed by atoms with Gasteiger partial charge in [-0.2, -0.15) is 0 Å². The van der Waals surface area contributed by atoms with Gasteiger partial charge in [0.15, 0.2) is 5.96 Å². The average Bonchev–Trinajstić information content (AvgIpc) is 3.13. The SMILES string of the molecule is CCNC(=NCC1CN2CCN1CC2)NCCCn1ccc2ccccc21. The molecule has 1 unspecified atom stereocenters. The van der Waals surface area contributed by atoms with Crippen LogP contribution in [0, 0.1) is 0 Å². The van der Waals surface area contributed by atoms with Gasteiger partial charge >= 0.3 is 0 Å². The Kier molecular flexibility index (Phi) is 5.94. The molecule has 0 saturated carbocycles. The molecule has 2 aromatic rings. The highest BCUT2D eigenvalue weighted by Gasteiger charge is 2.31. The number of nitrogens with zero attached hydrogens (tertiary/aromatic N) is 4. The van der Waals surface area contributed by atoms with E-state index in [2.05, 4.69) is 68.5 Å². The number of benzene rings is 1. The number of hydrogen-bond donors (Lipinski definition) is 2. The van der Waals surface area contributed by atoms with E-state index in [4.69, 9.17) is 4.99 Å². The van der Waals surface area contributed by atoms with Gasteiger partial charge in [-0.05, 0) is 30.9 Å². The molecule has 1 aromatic heterocycles. The largest absolute Gasteiger partial charge is 0.357 e. The van der Waals surface area contributed by atoms with Gasteiger partial charge in [-0.15, -0.1) is 0 Å². The number of hydrogen-bond acceptors (Lipinski definition) is 3. The molecule has 3 fully saturated rings. The van der Waals surface area contributed by atoms with Crippen molar-refractivity contribution >= 4 is 16.9 Å². The number of fused-ring (bicyclic) bond motifs is 4. The van der Waals surface area contributed by atoms with Gasteiger partial charge in [0.1, 0.15) is 0 Å². The van der Waals surface area contributed by atoms with Crippen molar-refractivity contribution in [1.29, 1.82) is 0 Å². The Bertz CT molecular complexity index is 759. The molecule has 6 nitrogen and oxygen atoms in total. The highest BCUT2D eigenvalue weighted by atomic mass is 15.3. The molecule has 0 spiro atoms. The second-order valence-electron chi connectivity index (χ2n) is 7.56. The summed E-state index contributed by atoms with van der Waals surface area (Å²) in [6.07, 6.45) is 3.26. The third kappa shape index (κ3) is 4.45. The lowest BCUT2D eigenvalue weighted by Crippen LogP contribution is -2.62. The van der Waals surface area contributed by atoms with Crippen LogP contribution in [0.5, 0.6) is 0 Å². The molecule has 1 atom stereocenters. The van der Waals surface area contributed by atoms with Crippen molar-refractivity contribution in [1.82, 2.24) is 25.0 Å². The van der Waals surface area contributed by atoms with Gasteiger partial charge in [-0.1, -0.05) is 18.2 Å². The number of nitrogens with one attached hydrogen (secondary N) is 2. The standard InChI is InChI=1S/C21H32N6/c1-2-22-21(24-16-19-17-25-12-14-26(19)15-13-25)23-9-5-10-27-11-8-18-6-3-4-7-20(18)27/h3-4,6-8,11,19H,2,5,9-10,12-17H2,1H3,(H2,22,23,24). The van der Waals surface area contributed by atoms with Crippen LogP contribution in [0.3, 0.4) is 0 Å². The van der Waals surface area contributed by atoms with Gasteiger partial charge in [0, 0.05) is 70.1 Å². The Hall–Kier alpha value is -2.05. The number of aryl methyl sites for hydroxylation is 1. The van der Waals surface area contributed by atoms with Gasteiger partial charge in [-0.3, -0.25) is 14.8 Å². The van der Waals surface area contributed by atoms with Crippen LogP contribution in [0.25, 0.3) is 10.9 Å². The van der Waals surface area contributed by atoms with Gasteiger partial charge in [0.2, 0.25) is 0 Å². The molecule has 1 aromatic carbocycles. The molecule has 6 heteroatoms. The molecule has 3 saturated heterocycles. The molecule has 0 amide bonds. The smallest absolute Gasteiger partial charge is 0.191 e. The van der Waals surface area contributed by atoms with Crippen molar-refractivity contribution in [2.75, 3.05) is 52.4 Å². The summed E-state index contributed by atoms with van der Waals surface area (Å²) in [6, 6.07) is 11.3. The molecule has 27 heavy (non-hydrogen) atoms. The minimum Gasteiger partial charge on any atom is -0.357 e. The Morgan fingerprint density at radius 3 is 2.74 bits per heavy atom. The minimum atomic E-state index is 0.578. The summed E-state index contributed by atoms with van der Waals surface area (Å²) in [5.41, 5.74) is 1.31. The molecule has 2 bridgehead atoms. The zero-order valence-corrected chi connectivity index (χ0v) is 16.4. The summed E-state index contributed by atoms with van der Waals surface area (Å²) in [4.78, 5) is 10.0. The van der Waals surface area contributed by atoms with Crippen LogP contribution in [0.15, 0.2) is 41.5 Å². The quantitative estimate of drug-likeness (QED) is 0.443. The van der Waals surface area contributed by atoms with Crippen molar-refractivity contribution in [2.24, 2.45) is 4.99 Å². The summed E-state index contributed by atoms with van der Waals surface area (Å²) >= 11 is 0. The van der Waals surface area contributed by atoms with Crippen molar-refractivity contribution in [3.05, 3.63) is 36.5 Å². The maximum atomic E-state index is 4.86. The minimum absolute atomic E-state index is 0.578. The van der Waals surface area contributed by atoms with Crippen molar-refractivity contribution in [2.45, 2.75) is 25.9 Å². The van der Waals surface area contributed by atoms with Crippen LogP contribution in [-0.4, -0.2) is 78.7 Å². The molecular weight excluding hydrogens is 336 g/mol. The maximum Gasteiger partial charge on any atom is 0.191 e. The first-order valence-electron chi connectivity index (χ1n) is 10.4. The lowest BCUT2D eigenvalue weighted by molar-refractivity contribution is 0.0174. The number of piperazine rings is 3. The van der Waals surface area contributed by atoms with E-state index in [1.54, 1.807) is 0 Å². The van der Waals surface area contributed by atoms with Crippen LogP contribution >= 0.6 is 0 Å². The topological polar surface area (TPSA) is 47.8 Å². The molecule has 4 heterocycles. The third-order valence-electron chi connectivity index (χ3n) is 5.75. The zero-order chi connectivity index (χ0) is 18.5. The average molecular weight is 369 g/mol. The number of aliphatic imine (C=N–C) groups is 1. The van der Waals surface area contributed by atoms with E-state index in [0.29, 0.717) is 6.04 Å². The third-order valence-corrected chi connectivity index (χ3v) is 5.75. The van der Waals surface area contributed by atoms with Crippen LogP contribution in [0.4, 0.5) is 0 Å². The van der Waals surface area contributed by atoms with Crippen LogP contribution in [-0.2, 0) is 6.54 Å². The van der Waals surface area contributed by atoms with E-state index >= 15 is 0 Å². The Morgan fingerprint density at radius 1 is 1.11 bits per heavy atom. The van der Waals surface area contributed by atoms with Crippen LogP contribution < -0.4 is 10.6 Å². The molecular formula is C21H32N6. The highest BCUT2D eigenvalue weighted by molar-refractivity contribution is 5.80. The summed E-state index contributed by atoms with van der Waals surface area (Å²) in [6.45, 7) is 11.9. The molecule has 0 aliphatic carbocycles. The number of guanidine groups is 1. The lowest BCUT2D eigenvalue weighted by atomic mass is 10.1. The second-order valence-corrected chi connectivity index (χ2v) is 7.56. The number of para-hydroxylation sites is 1. The zero-order valence-electron chi connectivity index (χ0n) is 16.4. The molecule has 5 rings (SSSR count). The predicted octanol–water partition coefficient (Wildman–Crippen LogP) is 1.59. The van der Waals surface area contributed by atoms with E-state index in [-0.39, 0.29) is 0 Å². The number of rotatable bonds is 7. The summed E-state index contributed by atoms with van der Waals surface area (Å²) in [7, 11) is 0. The second kappa shape index (κ2) is 8.76. The Balaban J connectivity index is 1.26. The Morgan fingerprint density at radius 2 is 1.96 bits per heavy atom. The number of aromatic nitrogens is 1. The monoisotopic (exact) mass is 368 g/mol. The van der Waals surface area contributed by atoms with Gasteiger partial charge in [0.25, 0.3) is 0 Å². The fourth-order valence-corrected chi connectivity index (χ4v) is 4.23. The Labute approximate surface area is 162 Å². The highest BCUT2D eigenvalue weighted by Crippen LogP contribution is 2.16. The fourth-order valence-electron chi connectivity index (χ4n) is 4.23. The van der Waals surface area contributed by atoms with E-state index in [1.807, 2.05) is 0 Å². The first kappa shape index (κ1) is 18.3. The first-order valence-corrected chi connectivity index (χ1v) is 10.4. The summed E-state index contributed by atoms with van der Waals surface area (Å²) < 4.78 is 2.33. The maximum absolute atomic E-state index is 4.86. The van der Waals surface area contributed by atoms with Crippen molar-refractivity contribution in [3.8, 4) is 0 Å². The van der Waals surface area contributed by atoms with Crippen molar-refractivity contribution in [3.63, 3.8) is 0 Å². The van der Waals surface area contributed by atoms with Crippen LogP contribution in [0.1, 0.15) is 13.3 Å². The van der Waals surface area contributed by atoms with Gasteiger partial charge in [0.05, 0.1) is 6.54 Å². The van der Waals surface area contributed by atoms with Gasteiger partial charge < -0.3 is 15.2 Å². The summed E-state index contributed by atoms with van der Waals surface area (Å²) in [5, 5.41) is 8.21. The van der Waals surface area contributed by atoms with E-state index in [0.717, 1.165) is 38.6 Å². The summed E-state index contributed by atoms with van der Waals surface area (Å²) in [5.74, 6) is 0.951. The van der Waals surface area contributed by atoms with E-state index in [1.165, 1.54) is 43.6 Å². The molecule has 2 N–H and O–H groups in total. The van der Waals surface area contributed by atoms with E-state index < -0.39 is 0 Å². The first-order chi connectivity index (χ1) is 13.3. The van der Waals surface area contributed by atoms with Gasteiger partial charge in [-0.25, -0.2) is 0 Å². The van der Waals surface area contributed by atoms with E-state index in [9.17, 15) is 0 Å². The lowest BCUT2D eigenvalue weighted by Gasteiger charge is -2.47. The molecule has 3 aliphatic heterocycles. The predicted molar refractivity (Wildman–Crippen MR) is 112 cm³/mol. The molecule has 146 valence electrons. The van der Waals surface area contributed by atoms with Crippen molar-refractivity contribution < 1.29 is 0 Å². The molecule has 0 radical (unpaired) electrons. The fraction of sp³-hybridized carbons (Fsp3) is 0.571. The normalized spacial score (nSPS) is 25.1. The molecule has 3 aliphatic rings.